The summed E-state index contributed by atoms with van der Waals surface area (Å²) in [5.74, 6) is 5.57. The number of nitrogens with zero attached hydrogens (tertiary/aromatic N) is 2. The Morgan fingerprint density at radius 3 is 2.56 bits per heavy atom. The van der Waals surface area contributed by atoms with Gasteiger partial charge in [-0.25, -0.2) is 15.8 Å². The van der Waals surface area contributed by atoms with Crippen LogP contribution in [0.15, 0.2) is 23.3 Å². The van der Waals surface area contributed by atoms with Gasteiger partial charge in [-0.15, -0.1) is 0 Å². The second-order valence-corrected chi connectivity index (χ2v) is 3.91. The van der Waals surface area contributed by atoms with Crippen LogP contribution in [0.2, 0.25) is 0 Å². The SMILES string of the molecule is NNC(=NC1CC1)Nc1ccc(C(F)(F)F)nc1. The van der Waals surface area contributed by atoms with Crippen LogP contribution >= 0.6 is 0 Å². The normalized spacial score (nSPS) is 16.6. The zero-order chi connectivity index (χ0) is 13.2. The van der Waals surface area contributed by atoms with Crippen LogP contribution in [0.25, 0.3) is 0 Å². The van der Waals surface area contributed by atoms with Crippen LogP contribution in [0.1, 0.15) is 18.5 Å². The lowest BCUT2D eigenvalue weighted by atomic mass is 10.3. The van der Waals surface area contributed by atoms with Gasteiger partial charge in [-0.2, -0.15) is 13.2 Å². The summed E-state index contributed by atoms with van der Waals surface area (Å²) in [6.45, 7) is 0. The van der Waals surface area contributed by atoms with Crippen molar-refractivity contribution in [1.82, 2.24) is 10.4 Å². The van der Waals surface area contributed by atoms with E-state index in [0.717, 1.165) is 25.1 Å². The Morgan fingerprint density at radius 2 is 2.11 bits per heavy atom. The molecule has 1 aliphatic rings. The van der Waals surface area contributed by atoms with E-state index in [2.05, 4.69) is 20.7 Å². The number of rotatable bonds is 2. The van der Waals surface area contributed by atoms with Gasteiger partial charge in [0.1, 0.15) is 5.69 Å². The second kappa shape index (κ2) is 4.81. The first kappa shape index (κ1) is 12.6. The molecule has 8 heteroatoms. The zero-order valence-electron chi connectivity index (χ0n) is 9.33. The average Bonchev–Trinajstić information content (AvgIpc) is 3.11. The minimum absolute atomic E-state index is 0.242. The van der Waals surface area contributed by atoms with Gasteiger partial charge in [0.05, 0.1) is 17.9 Å². The third-order valence-corrected chi connectivity index (χ3v) is 2.31. The molecule has 0 bridgehead atoms. The minimum Gasteiger partial charge on any atom is -0.324 e. The van der Waals surface area contributed by atoms with E-state index in [9.17, 15) is 13.2 Å². The molecule has 0 amide bonds. The predicted octanol–water partition coefficient (Wildman–Crippen LogP) is 1.49. The van der Waals surface area contributed by atoms with Gasteiger partial charge in [0.2, 0.25) is 5.96 Å². The lowest BCUT2D eigenvalue weighted by Gasteiger charge is -2.10. The van der Waals surface area contributed by atoms with Crippen LogP contribution in [-0.2, 0) is 6.18 Å². The largest absolute Gasteiger partial charge is 0.433 e. The van der Waals surface area contributed by atoms with Crippen molar-refractivity contribution in [3.63, 3.8) is 0 Å². The summed E-state index contributed by atoms with van der Waals surface area (Å²) in [5, 5.41) is 2.76. The monoisotopic (exact) mass is 259 g/mol. The fourth-order valence-corrected chi connectivity index (χ4v) is 1.26. The summed E-state index contributed by atoms with van der Waals surface area (Å²) < 4.78 is 36.9. The zero-order valence-corrected chi connectivity index (χ0v) is 9.33. The standard InChI is InChI=1S/C10H12F3N5/c11-10(12,13)8-4-3-7(5-15-8)17-9(18-14)16-6-1-2-6/h3-6H,1-2,14H2,(H2,16,17,18). The van der Waals surface area contributed by atoms with Crippen molar-refractivity contribution in [3.8, 4) is 0 Å². The van der Waals surface area contributed by atoms with Gasteiger partial charge < -0.3 is 5.32 Å². The van der Waals surface area contributed by atoms with Crippen LogP contribution in [-0.4, -0.2) is 17.0 Å². The molecule has 0 saturated heterocycles. The van der Waals surface area contributed by atoms with E-state index in [1.807, 2.05) is 0 Å². The van der Waals surface area contributed by atoms with Crippen LogP contribution < -0.4 is 16.6 Å². The van der Waals surface area contributed by atoms with E-state index >= 15 is 0 Å². The molecule has 1 heterocycles. The number of hydrazine groups is 1. The van der Waals surface area contributed by atoms with Crippen molar-refractivity contribution in [2.75, 3.05) is 5.32 Å². The van der Waals surface area contributed by atoms with Crippen LogP contribution in [0.5, 0.6) is 0 Å². The molecule has 0 spiro atoms. The number of aliphatic imine (C=N–C) groups is 1. The van der Waals surface area contributed by atoms with Crippen LogP contribution in [0.4, 0.5) is 18.9 Å². The number of hydrogen-bond acceptors (Lipinski definition) is 3. The molecule has 1 saturated carbocycles. The van der Waals surface area contributed by atoms with Crippen LogP contribution in [0.3, 0.4) is 0 Å². The summed E-state index contributed by atoms with van der Waals surface area (Å²) in [6.07, 6.45) is -1.35. The number of nitrogens with one attached hydrogen (secondary N) is 2. The van der Waals surface area contributed by atoms with Crippen molar-refractivity contribution in [2.24, 2.45) is 10.8 Å². The first-order valence-corrected chi connectivity index (χ1v) is 5.34. The highest BCUT2D eigenvalue weighted by Gasteiger charge is 2.32. The molecule has 1 fully saturated rings. The molecule has 98 valence electrons. The molecule has 4 N–H and O–H groups in total. The molecule has 1 aliphatic carbocycles. The average molecular weight is 259 g/mol. The maximum atomic E-state index is 12.3. The molecule has 1 aromatic heterocycles. The van der Waals surface area contributed by atoms with Gasteiger partial charge in [0, 0.05) is 0 Å². The summed E-state index contributed by atoms with van der Waals surface area (Å²) in [5.41, 5.74) is 1.81. The molecule has 0 aliphatic heterocycles. The van der Waals surface area contributed by atoms with Gasteiger partial charge in [-0.05, 0) is 25.0 Å². The first-order valence-electron chi connectivity index (χ1n) is 5.34. The Morgan fingerprint density at radius 1 is 1.39 bits per heavy atom. The molecule has 18 heavy (non-hydrogen) atoms. The number of guanidine groups is 1. The minimum atomic E-state index is -4.43. The van der Waals surface area contributed by atoms with Crippen molar-refractivity contribution in [2.45, 2.75) is 25.1 Å². The summed E-state index contributed by atoms with van der Waals surface area (Å²) >= 11 is 0. The van der Waals surface area contributed by atoms with Crippen molar-refractivity contribution in [3.05, 3.63) is 24.0 Å². The number of anilines is 1. The molecular formula is C10H12F3N5. The number of aromatic nitrogens is 1. The smallest absolute Gasteiger partial charge is 0.324 e. The highest BCUT2D eigenvalue weighted by atomic mass is 19.4. The number of hydrogen-bond donors (Lipinski definition) is 3. The van der Waals surface area contributed by atoms with Crippen LogP contribution in [0, 0.1) is 0 Å². The third-order valence-electron chi connectivity index (χ3n) is 2.31. The van der Waals surface area contributed by atoms with E-state index < -0.39 is 11.9 Å². The maximum absolute atomic E-state index is 12.3. The van der Waals surface area contributed by atoms with Gasteiger partial charge in [0.25, 0.3) is 0 Å². The van der Waals surface area contributed by atoms with Gasteiger partial charge >= 0.3 is 6.18 Å². The third kappa shape index (κ3) is 3.33. The van der Waals surface area contributed by atoms with E-state index in [1.165, 1.54) is 6.07 Å². The van der Waals surface area contributed by atoms with Gasteiger partial charge in [-0.3, -0.25) is 5.43 Å². The second-order valence-electron chi connectivity index (χ2n) is 3.91. The Balaban J connectivity index is 2.05. The fraction of sp³-hybridized carbons (Fsp3) is 0.400. The summed E-state index contributed by atoms with van der Waals surface area (Å²) in [7, 11) is 0. The molecule has 0 atom stereocenters. The highest BCUT2D eigenvalue weighted by molar-refractivity contribution is 5.93. The van der Waals surface area contributed by atoms with E-state index in [0.29, 0.717) is 11.6 Å². The number of nitrogens with two attached hydrogens (primary N) is 1. The topological polar surface area (TPSA) is 75.3 Å². The van der Waals surface area contributed by atoms with E-state index in [1.54, 1.807) is 0 Å². The highest BCUT2D eigenvalue weighted by Crippen LogP contribution is 2.28. The van der Waals surface area contributed by atoms with Gasteiger partial charge in [0.15, 0.2) is 0 Å². The molecule has 1 aromatic rings. The number of halogens is 3. The predicted molar refractivity (Wildman–Crippen MR) is 60.6 cm³/mol. The Labute approximate surface area is 101 Å². The van der Waals surface area contributed by atoms with E-state index in [4.69, 9.17) is 5.84 Å². The Bertz CT molecular complexity index is 436. The molecule has 0 unspecified atom stereocenters. The van der Waals surface area contributed by atoms with Gasteiger partial charge in [-0.1, -0.05) is 0 Å². The first-order chi connectivity index (χ1) is 8.49. The fourth-order valence-electron chi connectivity index (χ4n) is 1.26. The summed E-state index contributed by atoms with van der Waals surface area (Å²) in [4.78, 5) is 7.51. The lowest BCUT2D eigenvalue weighted by Crippen LogP contribution is -2.36. The Hall–Kier alpha value is -1.83. The molecule has 5 nitrogen and oxygen atoms in total. The molecule has 0 aromatic carbocycles. The maximum Gasteiger partial charge on any atom is 0.433 e. The summed E-state index contributed by atoms with van der Waals surface area (Å²) in [6, 6.07) is 2.41. The van der Waals surface area contributed by atoms with E-state index in [-0.39, 0.29) is 6.04 Å². The van der Waals surface area contributed by atoms with Crippen molar-refractivity contribution >= 4 is 11.6 Å². The number of pyridine rings is 1. The molecule has 2 rings (SSSR count). The lowest BCUT2D eigenvalue weighted by molar-refractivity contribution is -0.141. The Kier molecular flexibility index (Phi) is 3.37. The quantitative estimate of drug-likeness (QED) is 0.325. The van der Waals surface area contributed by atoms with Crippen molar-refractivity contribution < 1.29 is 13.2 Å². The molecule has 0 radical (unpaired) electrons. The number of alkyl halides is 3. The van der Waals surface area contributed by atoms with Crippen molar-refractivity contribution in [1.29, 1.82) is 0 Å². The molecular weight excluding hydrogens is 247 g/mol.